The Morgan fingerprint density at radius 3 is 2.46 bits per heavy atom. The van der Waals surface area contributed by atoms with E-state index in [4.69, 9.17) is 9.47 Å². The van der Waals surface area contributed by atoms with E-state index in [2.05, 4.69) is 15.7 Å². The first kappa shape index (κ1) is 32.8. The van der Waals surface area contributed by atoms with Crippen molar-refractivity contribution in [3.05, 3.63) is 95.0 Å². The van der Waals surface area contributed by atoms with Crippen molar-refractivity contribution in [2.45, 2.75) is 25.6 Å². The molecule has 3 aromatic heterocycles. The number of amides is 1. The van der Waals surface area contributed by atoms with Crippen molar-refractivity contribution in [3.8, 4) is 16.9 Å². The molecule has 6 rings (SSSR count). The molecule has 2 N–H and O–H groups in total. The third kappa shape index (κ3) is 5.81. The number of nitrogens with one attached hydrogen (secondary N) is 2. The number of ether oxygens (including phenoxy) is 2. The number of methoxy groups -OCH3 is 1. The van der Waals surface area contributed by atoms with E-state index in [0.717, 1.165) is 24.3 Å². The topological polar surface area (TPSA) is 98.9 Å². The summed E-state index contributed by atoms with van der Waals surface area (Å²) in [5.41, 5.74) is -1.55. The molecule has 1 fully saturated rings. The van der Waals surface area contributed by atoms with Crippen LogP contribution in [0.4, 0.5) is 27.6 Å². The van der Waals surface area contributed by atoms with Crippen LogP contribution in [0, 0.1) is 18.6 Å². The molecule has 0 saturated carbocycles. The number of ketones is 1. The fourth-order valence-corrected chi connectivity index (χ4v) is 5.77. The number of pyridine rings is 1. The van der Waals surface area contributed by atoms with Gasteiger partial charge in [-0.2, -0.15) is 18.3 Å². The summed E-state index contributed by atoms with van der Waals surface area (Å²) < 4.78 is 87.2. The van der Waals surface area contributed by atoms with Crippen molar-refractivity contribution < 1.29 is 41.0 Å². The number of carbonyl (C=O) groups is 2. The van der Waals surface area contributed by atoms with Gasteiger partial charge in [-0.25, -0.2) is 8.78 Å². The number of aromatic nitrogens is 3. The van der Waals surface area contributed by atoms with E-state index in [-0.39, 0.29) is 50.1 Å². The molecule has 2 aromatic carbocycles. The Balaban J connectivity index is 1.33. The van der Waals surface area contributed by atoms with E-state index in [9.17, 15) is 22.8 Å². The van der Waals surface area contributed by atoms with Gasteiger partial charge in [-0.05, 0) is 50.2 Å². The summed E-state index contributed by atoms with van der Waals surface area (Å²) >= 11 is 0. The van der Waals surface area contributed by atoms with Crippen LogP contribution in [-0.4, -0.2) is 58.3 Å². The van der Waals surface area contributed by atoms with Gasteiger partial charge >= 0.3 is 6.18 Å². The number of carbonyl (C=O) groups excluding carboxylic acids is 2. The van der Waals surface area contributed by atoms with Gasteiger partial charge in [-0.15, -0.1) is 0 Å². The highest BCUT2D eigenvalue weighted by Gasteiger charge is 2.38. The molecule has 1 saturated heterocycles. The molecular weight excluding hydrogens is 637 g/mol. The molecule has 48 heavy (non-hydrogen) atoms. The Morgan fingerprint density at radius 2 is 1.83 bits per heavy atom. The van der Waals surface area contributed by atoms with Gasteiger partial charge in [0.1, 0.15) is 22.8 Å². The van der Waals surface area contributed by atoms with Crippen LogP contribution in [0.25, 0.3) is 27.5 Å². The van der Waals surface area contributed by atoms with Crippen LogP contribution >= 0.6 is 0 Å². The maximum Gasteiger partial charge on any atom is 0.417 e. The largest absolute Gasteiger partial charge is 0.494 e. The third-order valence-electron chi connectivity index (χ3n) is 8.39. The number of alkyl halides is 3. The van der Waals surface area contributed by atoms with Crippen molar-refractivity contribution in [1.29, 1.82) is 0 Å². The van der Waals surface area contributed by atoms with Crippen molar-refractivity contribution in [2.75, 3.05) is 32.2 Å². The zero-order valence-electron chi connectivity index (χ0n) is 26.3. The van der Waals surface area contributed by atoms with Gasteiger partial charge in [0.25, 0.3) is 0 Å². The second-order valence-electron chi connectivity index (χ2n) is 11.8. The molecule has 1 aliphatic rings. The highest BCUT2D eigenvalue weighted by atomic mass is 19.4. The van der Waals surface area contributed by atoms with Gasteiger partial charge in [-0.3, -0.25) is 14.3 Å². The van der Waals surface area contributed by atoms with Gasteiger partial charge < -0.3 is 24.5 Å². The summed E-state index contributed by atoms with van der Waals surface area (Å²) in [6.45, 7) is 5.00. The lowest BCUT2D eigenvalue weighted by Gasteiger charge is -2.38. The number of rotatable bonds is 9. The van der Waals surface area contributed by atoms with E-state index in [0.29, 0.717) is 25.5 Å². The molecule has 0 spiro atoms. The number of hydrogen-bond donors (Lipinski definition) is 2. The minimum atomic E-state index is -4.78. The van der Waals surface area contributed by atoms with E-state index in [1.54, 1.807) is 14.0 Å². The lowest BCUT2D eigenvalue weighted by Crippen LogP contribution is -2.58. The summed E-state index contributed by atoms with van der Waals surface area (Å²) in [7, 11) is 2.87. The predicted molar refractivity (Wildman–Crippen MR) is 168 cm³/mol. The molecule has 0 bridgehead atoms. The van der Waals surface area contributed by atoms with Crippen molar-refractivity contribution in [1.82, 2.24) is 19.5 Å². The highest BCUT2D eigenvalue weighted by molar-refractivity contribution is 6.10. The molecule has 4 heterocycles. The first-order valence-electron chi connectivity index (χ1n) is 14.8. The Kier molecular flexibility index (Phi) is 8.33. The average Bonchev–Trinajstić information content (AvgIpc) is 3.58. The Morgan fingerprint density at radius 1 is 1.12 bits per heavy atom. The molecule has 5 aromatic rings. The molecule has 1 aliphatic heterocycles. The van der Waals surface area contributed by atoms with Crippen LogP contribution in [0.1, 0.15) is 34.2 Å². The lowest BCUT2D eigenvalue weighted by atomic mass is 9.95. The van der Waals surface area contributed by atoms with Gasteiger partial charge in [0.2, 0.25) is 11.7 Å². The van der Waals surface area contributed by atoms with Gasteiger partial charge in [0, 0.05) is 53.6 Å². The zero-order valence-corrected chi connectivity index (χ0v) is 26.3. The minimum Gasteiger partial charge on any atom is -0.494 e. The highest BCUT2D eigenvalue weighted by Crippen LogP contribution is 2.47. The fraction of sp³-hybridized carbons (Fsp3) is 0.265. The number of nitrogens with zero attached hydrogens (tertiary/aromatic N) is 3. The number of anilines is 1. The third-order valence-corrected chi connectivity index (χ3v) is 8.39. The Bertz CT molecular complexity index is 2110. The second kappa shape index (κ2) is 12.2. The van der Waals surface area contributed by atoms with Gasteiger partial charge in [0.05, 0.1) is 42.6 Å². The lowest BCUT2D eigenvalue weighted by molar-refractivity contribution is -0.137. The molecule has 250 valence electrons. The number of benzene rings is 2. The molecule has 0 aliphatic carbocycles. The van der Waals surface area contributed by atoms with Gasteiger partial charge in [-0.1, -0.05) is 12.1 Å². The number of hydrogen-bond acceptors (Lipinski definition) is 6. The Labute approximate surface area is 270 Å². The first-order valence-corrected chi connectivity index (χ1v) is 14.8. The summed E-state index contributed by atoms with van der Waals surface area (Å²) in [6.07, 6.45) is -0.693. The van der Waals surface area contributed by atoms with E-state index in [1.165, 1.54) is 52.7 Å². The van der Waals surface area contributed by atoms with E-state index < -0.39 is 40.8 Å². The minimum absolute atomic E-state index is 0.0642. The van der Waals surface area contributed by atoms with Crippen LogP contribution in [0.5, 0.6) is 5.75 Å². The maximum absolute atomic E-state index is 15.1. The normalized spacial score (nSPS) is 14.5. The summed E-state index contributed by atoms with van der Waals surface area (Å²) in [4.78, 5) is 25.9. The van der Waals surface area contributed by atoms with Crippen molar-refractivity contribution >= 4 is 33.8 Å². The van der Waals surface area contributed by atoms with E-state index in [1.807, 2.05) is 6.92 Å². The summed E-state index contributed by atoms with van der Waals surface area (Å²) in [5, 5.41) is 9.98. The second-order valence-corrected chi connectivity index (χ2v) is 11.8. The quantitative estimate of drug-likeness (QED) is 0.110. The summed E-state index contributed by atoms with van der Waals surface area (Å²) in [5.74, 6) is -4.04. The number of aryl methyl sites for hydroxylation is 2. The fourth-order valence-electron chi connectivity index (χ4n) is 5.77. The van der Waals surface area contributed by atoms with Crippen molar-refractivity contribution in [2.24, 2.45) is 7.05 Å². The standard InChI is InChI=1S/C34H30F5N5O4/c1-18-21-15-22(34(37,38)39)28(32(47-4)29(21)42-43(18)3)20-7-6-12-44-25(20)9-10-26(44)31(46)19-13-23(35)30(24(36)14-19)41-27(45)8-5-11-40-33(2)16-48-17-33/h5-10,12-15,40H,11,16-17H2,1-4H3,(H,41,45)/b8-5+. The van der Waals surface area contributed by atoms with Crippen LogP contribution < -0.4 is 15.4 Å². The van der Waals surface area contributed by atoms with Crippen LogP contribution in [0.15, 0.2) is 60.8 Å². The summed E-state index contributed by atoms with van der Waals surface area (Å²) in [6, 6.07) is 8.31. The average molecular weight is 668 g/mol. The smallest absolute Gasteiger partial charge is 0.417 e. The van der Waals surface area contributed by atoms with Crippen LogP contribution in [0.3, 0.4) is 0 Å². The molecule has 14 heteroatoms. The molecule has 0 unspecified atom stereocenters. The maximum atomic E-state index is 15.1. The zero-order chi connectivity index (χ0) is 34.5. The molecule has 0 radical (unpaired) electrons. The molecule has 0 atom stereocenters. The number of fused-ring (bicyclic) bond motifs is 2. The SMILES string of the molecule is COc1c(-c2cccn3c(C(=O)c4cc(F)c(NC(=O)/C=C/CNC5(C)COC5)c(F)c4)ccc23)c(C(F)(F)F)cc2c(C)n(C)nc12. The van der Waals surface area contributed by atoms with Crippen molar-refractivity contribution in [3.63, 3.8) is 0 Å². The van der Waals surface area contributed by atoms with E-state index >= 15 is 8.78 Å². The molecule has 1 amide bonds. The molecule has 9 nitrogen and oxygen atoms in total. The van der Waals surface area contributed by atoms with Crippen LogP contribution in [-0.2, 0) is 22.8 Å². The Hall–Kier alpha value is -5.08. The predicted octanol–water partition coefficient (Wildman–Crippen LogP) is 6.21. The number of halogens is 5. The first-order chi connectivity index (χ1) is 22.7. The molecular formula is C34H30F5N5O4. The monoisotopic (exact) mass is 667 g/mol. The van der Waals surface area contributed by atoms with Crippen LogP contribution in [0.2, 0.25) is 0 Å². The van der Waals surface area contributed by atoms with Gasteiger partial charge in [0.15, 0.2) is 5.75 Å².